The van der Waals surface area contributed by atoms with Gasteiger partial charge in [-0.2, -0.15) is 0 Å². The van der Waals surface area contributed by atoms with Gasteiger partial charge in [-0.15, -0.1) is 11.6 Å². The summed E-state index contributed by atoms with van der Waals surface area (Å²) in [4.78, 5) is 12.4. The summed E-state index contributed by atoms with van der Waals surface area (Å²) >= 11 is 6.25. The van der Waals surface area contributed by atoms with Crippen molar-refractivity contribution in [2.75, 3.05) is 0 Å². The Morgan fingerprint density at radius 2 is 1.77 bits per heavy atom. The first-order chi connectivity index (χ1) is 16.8. The van der Waals surface area contributed by atoms with Crippen molar-refractivity contribution < 1.29 is 9.53 Å². The van der Waals surface area contributed by atoms with Gasteiger partial charge in [0.15, 0.2) is 0 Å². The van der Waals surface area contributed by atoms with E-state index in [1.165, 1.54) is 83.5 Å². The van der Waals surface area contributed by atoms with E-state index in [4.69, 9.17) is 16.3 Å². The molecular formula is C32H53ClO2. The summed E-state index contributed by atoms with van der Waals surface area (Å²) in [6.07, 6.45) is 24.4. The zero-order chi connectivity index (χ0) is 25.1. The topological polar surface area (TPSA) is 26.3 Å². The zero-order valence-electron chi connectivity index (χ0n) is 23.3. The molecule has 8 atom stereocenters. The third kappa shape index (κ3) is 5.68. The van der Waals surface area contributed by atoms with Crippen LogP contribution in [0.4, 0.5) is 0 Å². The molecule has 4 aliphatic rings. The van der Waals surface area contributed by atoms with Crippen LogP contribution in [0.2, 0.25) is 0 Å². The van der Waals surface area contributed by atoms with Crippen LogP contribution in [0.1, 0.15) is 137 Å². The number of ether oxygens (including phenoxy) is 1. The van der Waals surface area contributed by atoms with E-state index in [-0.39, 0.29) is 12.1 Å². The van der Waals surface area contributed by atoms with Crippen molar-refractivity contribution >= 4 is 17.6 Å². The predicted molar refractivity (Wildman–Crippen MR) is 148 cm³/mol. The molecule has 0 bridgehead atoms. The number of halogens is 1. The zero-order valence-corrected chi connectivity index (χ0v) is 24.0. The maximum Gasteiger partial charge on any atom is 0.324 e. The molecule has 4 rings (SSSR count). The first kappa shape index (κ1) is 27.5. The Morgan fingerprint density at radius 3 is 2.54 bits per heavy atom. The highest BCUT2D eigenvalue weighted by Gasteiger charge is 2.58. The summed E-state index contributed by atoms with van der Waals surface area (Å²) in [7, 11) is 0. The molecule has 0 N–H and O–H groups in total. The molecule has 0 spiro atoms. The smallest absolute Gasteiger partial charge is 0.324 e. The number of esters is 1. The molecule has 3 heteroatoms. The van der Waals surface area contributed by atoms with Crippen LogP contribution in [-0.2, 0) is 9.53 Å². The molecule has 4 aliphatic carbocycles. The number of hydrogen-bond donors (Lipinski definition) is 0. The monoisotopic (exact) mass is 504 g/mol. The Morgan fingerprint density at radius 1 is 1.00 bits per heavy atom. The lowest BCUT2D eigenvalue weighted by Crippen LogP contribution is -2.50. The molecule has 0 aromatic carbocycles. The number of fused-ring (bicyclic) bond motifs is 5. The third-order valence-corrected chi connectivity index (χ3v) is 11.6. The van der Waals surface area contributed by atoms with Crippen molar-refractivity contribution in [1.82, 2.24) is 0 Å². The van der Waals surface area contributed by atoms with Crippen LogP contribution in [0.25, 0.3) is 0 Å². The molecule has 0 aromatic heterocycles. The Labute approximate surface area is 221 Å². The SMILES string of the molecule is CCCCCCCC[C@@H]1CC[C@@H]2[C@@H]3CC=C4C[C@@H](OC(=O)[C@@H](Cl)CCC)CC[C@]4(C)[C@H]3CC[C@]12C. The van der Waals surface area contributed by atoms with Crippen molar-refractivity contribution in [1.29, 1.82) is 0 Å². The second kappa shape index (κ2) is 11.9. The second-order valence-electron chi connectivity index (χ2n) is 13.2. The van der Waals surface area contributed by atoms with Crippen molar-refractivity contribution in [3.8, 4) is 0 Å². The van der Waals surface area contributed by atoms with E-state index < -0.39 is 5.38 Å². The molecule has 200 valence electrons. The molecule has 3 fully saturated rings. The van der Waals surface area contributed by atoms with Gasteiger partial charge in [0.05, 0.1) is 0 Å². The van der Waals surface area contributed by atoms with Gasteiger partial charge in [-0.3, -0.25) is 4.79 Å². The summed E-state index contributed by atoms with van der Waals surface area (Å²) in [6.45, 7) is 9.61. The number of carbonyl (C=O) groups excluding carboxylic acids is 1. The van der Waals surface area contributed by atoms with Crippen LogP contribution in [0, 0.1) is 34.5 Å². The molecular weight excluding hydrogens is 452 g/mol. The van der Waals surface area contributed by atoms with Crippen LogP contribution in [0.15, 0.2) is 11.6 Å². The quantitative estimate of drug-likeness (QED) is 0.121. The lowest BCUT2D eigenvalue weighted by Gasteiger charge is -2.58. The highest BCUT2D eigenvalue weighted by molar-refractivity contribution is 6.29. The largest absolute Gasteiger partial charge is 0.461 e. The fraction of sp³-hybridized carbons (Fsp3) is 0.906. The van der Waals surface area contributed by atoms with E-state index in [0.717, 1.165) is 42.9 Å². The number of carbonyl (C=O) groups is 1. The highest BCUT2D eigenvalue weighted by atomic mass is 35.5. The fourth-order valence-electron chi connectivity index (χ4n) is 9.09. The van der Waals surface area contributed by atoms with Gasteiger partial charge in [0.25, 0.3) is 0 Å². The number of alkyl halides is 1. The second-order valence-corrected chi connectivity index (χ2v) is 13.7. The standard InChI is InChI=1S/C32H53ClO2/c1-5-7-8-9-10-11-13-23-15-17-27-26-16-14-24-22-25(35-30(34)29(33)12-6-2)18-20-32(24,4)28(26)19-21-31(23,27)3/h14,23,25-29H,5-13,15-22H2,1-4H3/t23-,25+,26+,27-,28+,29+,31-,32+/m1/s1. The van der Waals surface area contributed by atoms with Gasteiger partial charge in [0, 0.05) is 6.42 Å². The summed E-state index contributed by atoms with van der Waals surface area (Å²) in [5, 5.41) is -0.485. The van der Waals surface area contributed by atoms with Gasteiger partial charge < -0.3 is 4.74 Å². The summed E-state index contributed by atoms with van der Waals surface area (Å²) in [5.41, 5.74) is 2.48. The predicted octanol–water partition coefficient (Wildman–Crippen LogP) is 9.64. The average Bonchev–Trinajstić information content (AvgIpc) is 3.18. The number of rotatable bonds is 11. The van der Waals surface area contributed by atoms with Crippen LogP contribution < -0.4 is 0 Å². The molecule has 0 aliphatic heterocycles. The Bertz CT molecular complexity index is 746. The molecule has 35 heavy (non-hydrogen) atoms. The molecule has 0 unspecified atom stereocenters. The van der Waals surface area contributed by atoms with E-state index in [2.05, 4.69) is 33.8 Å². The molecule has 0 amide bonds. The lowest BCUT2D eigenvalue weighted by molar-refractivity contribution is -0.151. The first-order valence-corrected chi connectivity index (χ1v) is 15.8. The minimum atomic E-state index is -0.485. The maximum atomic E-state index is 12.4. The normalized spacial score (nSPS) is 39.2. The van der Waals surface area contributed by atoms with E-state index >= 15 is 0 Å². The minimum absolute atomic E-state index is 0.0264. The van der Waals surface area contributed by atoms with Gasteiger partial charge >= 0.3 is 5.97 Å². The fourth-order valence-corrected chi connectivity index (χ4v) is 9.36. The number of hydrogen-bond acceptors (Lipinski definition) is 2. The molecule has 2 nitrogen and oxygen atoms in total. The highest BCUT2D eigenvalue weighted by Crippen LogP contribution is 2.66. The van der Waals surface area contributed by atoms with Crippen molar-refractivity contribution in [2.45, 2.75) is 148 Å². The van der Waals surface area contributed by atoms with Crippen molar-refractivity contribution in [2.24, 2.45) is 34.5 Å². The molecule has 0 aromatic rings. The lowest BCUT2D eigenvalue weighted by atomic mass is 9.47. The van der Waals surface area contributed by atoms with Crippen LogP contribution in [0.3, 0.4) is 0 Å². The van der Waals surface area contributed by atoms with Gasteiger partial charge in [0.2, 0.25) is 0 Å². The average molecular weight is 505 g/mol. The van der Waals surface area contributed by atoms with Gasteiger partial charge in [-0.05, 0) is 92.3 Å². The van der Waals surface area contributed by atoms with Gasteiger partial charge in [0.1, 0.15) is 11.5 Å². The molecule has 0 radical (unpaired) electrons. The van der Waals surface area contributed by atoms with Crippen molar-refractivity contribution in [3.63, 3.8) is 0 Å². The first-order valence-electron chi connectivity index (χ1n) is 15.4. The van der Waals surface area contributed by atoms with E-state index in [1.807, 2.05) is 0 Å². The van der Waals surface area contributed by atoms with Gasteiger partial charge in [-0.1, -0.05) is 84.3 Å². The molecule has 3 saturated carbocycles. The van der Waals surface area contributed by atoms with Crippen LogP contribution in [-0.4, -0.2) is 17.5 Å². The maximum absolute atomic E-state index is 12.4. The summed E-state index contributed by atoms with van der Waals surface area (Å²) in [6, 6.07) is 0. The van der Waals surface area contributed by atoms with E-state index in [1.54, 1.807) is 5.57 Å². The van der Waals surface area contributed by atoms with Gasteiger partial charge in [-0.25, -0.2) is 0 Å². The van der Waals surface area contributed by atoms with E-state index in [9.17, 15) is 4.79 Å². The Kier molecular flexibility index (Phi) is 9.37. The Hall–Kier alpha value is -0.500. The summed E-state index contributed by atoms with van der Waals surface area (Å²) in [5.74, 6) is 3.37. The third-order valence-electron chi connectivity index (χ3n) is 11.2. The number of unbranched alkanes of at least 4 members (excludes halogenated alkanes) is 5. The van der Waals surface area contributed by atoms with Crippen LogP contribution >= 0.6 is 11.6 Å². The number of allylic oxidation sites excluding steroid dienone is 1. The minimum Gasteiger partial charge on any atom is -0.461 e. The van der Waals surface area contributed by atoms with Crippen LogP contribution in [0.5, 0.6) is 0 Å². The van der Waals surface area contributed by atoms with E-state index in [0.29, 0.717) is 17.3 Å². The molecule has 0 saturated heterocycles. The summed E-state index contributed by atoms with van der Waals surface area (Å²) < 4.78 is 5.89. The van der Waals surface area contributed by atoms with Crippen molar-refractivity contribution in [3.05, 3.63) is 11.6 Å². The molecule has 0 heterocycles. The Balaban J connectivity index is 1.36.